The third-order valence-electron chi connectivity index (χ3n) is 4.94. The predicted octanol–water partition coefficient (Wildman–Crippen LogP) is 1.99. The van der Waals surface area contributed by atoms with Crippen LogP contribution >= 0.6 is 0 Å². The third-order valence-corrected chi connectivity index (χ3v) is 6.86. The molecule has 3 rings (SSSR count). The van der Waals surface area contributed by atoms with Gasteiger partial charge in [-0.15, -0.1) is 0 Å². The zero-order valence-corrected chi connectivity index (χ0v) is 19.2. The minimum absolute atomic E-state index is 0.0838. The smallest absolute Gasteiger partial charge is 0.255 e. The van der Waals surface area contributed by atoms with Crippen molar-refractivity contribution in [3.63, 3.8) is 0 Å². The maximum atomic E-state index is 13.1. The maximum absolute atomic E-state index is 13.1. The van der Waals surface area contributed by atoms with Crippen LogP contribution in [0.3, 0.4) is 0 Å². The SMILES string of the molecule is COc1ccc(C(=O)Nc2cc(OC)c(OC)c(OC)c2)cc1S(=O)(=O)N1CCOCC1. The van der Waals surface area contributed by atoms with E-state index in [0.29, 0.717) is 36.1 Å². The molecular formula is C21H26N2O8S. The molecule has 0 aliphatic carbocycles. The minimum atomic E-state index is -3.87. The van der Waals surface area contributed by atoms with Crippen LogP contribution in [0.2, 0.25) is 0 Å². The lowest BCUT2D eigenvalue weighted by atomic mass is 10.2. The highest BCUT2D eigenvalue weighted by Crippen LogP contribution is 2.40. The summed E-state index contributed by atoms with van der Waals surface area (Å²) >= 11 is 0. The van der Waals surface area contributed by atoms with Gasteiger partial charge in [-0.3, -0.25) is 4.79 Å². The van der Waals surface area contributed by atoms with Crippen molar-refractivity contribution in [1.29, 1.82) is 0 Å². The van der Waals surface area contributed by atoms with Gasteiger partial charge in [0.1, 0.15) is 10.6 Å². The summed E-state index contributed by atoms with van der Waals surface area (Å²) in [5, 5.41) is 2.73. The average molecular weight is 467 g/mol. The average Bonchev–Trinajstić information content (AvgIpc) is 2.83. The van der Waals surface area contributed by atoms with Crippen LogP contribution in [0.5, 0.6) is 23.0 Å². The van der Waals surface area contributed by atoms with Crippen molar-refractivity contribution in [3.8, 4) is 23.0 Å². The Kier molecular flexibility index (Phi) is 7.44. The van der Waals surface area contributed by atoms with Gasteiger partial charge >= 0.3 is 0 Å². The van der Waals surface area contributed by atoms with Gasteiger partial charge in [-0.05, 0) is 18.2 Å². The number of anilines is 1. The van der Waals surface area contributed by atoms with Crippen molar-refractivity contribution in [2.24, 2.45) is 0 Å². The van der Waals surface area contributed by atoms with E-state index >= 15 is 0 Å². The van der Waals surface area contributed by atoms with Gasteiger partial charge in [0, 0.05) is 36.5 Å². The van der Waals surface area contributed by atoms with Crippen molar-refractivity contribution in [1.82, 2.24) is 4.31 Å². The van der Waals surface area contributed by atoms with Crippen LogP contribution in [0.25, 0.3) is 0 Å². The number of morpholine rings is 1. The molecule has 11 heteroatoms. The molecule has 1 aliphatic heterocycles. The normalized spacial score (nSPS) is 14.5. The second-order valence-electron chi connectivity index (χ2n) is 6.75. The van der Waals surface area contributed by atoms with Crippen LogP contribution < -0.4 is 24.3 Å². The lowest BCUT2D eigenvalue weighted by Gasteiger charge is -2.26. The molecule has 10 nitrogen and oxygen atoms in total. The Morgan fingerprint density at radius 1 is 0.906 bits per heavy atom. The molecule has 1 N–H and O–H groups in total. The van der Waals surface area contributed by atoms with Crippen molar-refractivity contribution < 1.29 is 36.9 Å². The zero-order valence-electron chi connectivity index (χ0n) is 18.3. The monoisotopic (exact) mass is 466 g/mol. The van der Waals surface area contributed by atoms with Gasteiger partial charge in [-0.25, -0.2) is 8.42 Å². The number of sulfonamides is 1. The Morgan fingerprint density at radius 2 is 1.50 bits per heavy atom. The molecule has 0 unspecified atom stereocenters. The van der Waals surface area contributed by atoms with Gasteiger partial charge in [0.05, 0.1) is 41.7 Å². The highest BCUT2D eigenvalue weighted by molar-refractivity contribution is 7.89. The van der Waals surface area contributed by atoms with E-state index in [0.717, 1.165) is 0 Å². The molecule has 1 saturated heterocycles. The Morgan fingerprint density at radius 3 is 2.03 bits per heavy atom. The Hall–Kier alpha value is -3.02. The highest BCUT2D eigenvalue weighted by Gasteiger charge is 2.30. The van der Waals surface area contributed by atoms with Crippen molar-refractivity contribution in [2.45, 2.75) is 4.90 Å². The van der Waals surface area contributed by atoms with E-state index in [1.54, 1.807) is 12.1 Å². The van der Waals surface area contributed by atoms with Crippen molar-refractivity contribution in [3.05, 3.63) is 35.9 Å². The van der Waals surface area contributed by atoms with Crippen LogP contribution in [0.4, 0.5) is 5.69 Å². The molecule has 1 amide bonds. The van der Waals surface area contributed by atoms with Crippen LogP contribution in [0, 0.1) is 0 Å². The number of amides is 1. The molecule has 1 heterocycles. The van der Waals surface area contributed by atoms with Gasteiger partial charge < -0.3 is 29.0 Å². The number of hydrogen-bond donors (Lipinski definition) is 1. The molecule has 1 fully saturated rings. The van der Waals surface area contributed by atoms with Crippen LogP contribution in [0.15, 0.2) is 35.2 Å². The fourth-order valence-electron chi connectivity index (χ4n) is 3.30. The summed E-state index contributed by atoms with van der Waals surface area (Å²) in [4.78, 5) is 12.8. The molecule has 0 saturated carbocycles. The van der Waals surface area contributed by atoms with Crippen LogP contribution in [0.1, 0.15) is 10.4 Å². The molecule has 0 spiro atoms. The number of rotatable bonds is 8. The Labute approximate surface area is 187 Å². The second-order valence-corrected chi connectivity index (χ2v) is 8.66. The maximum Gasteiger partial charge on any atom is 0.255 e. The Balaban J connectivity index is 1.94. The topological polar surface area (TPSA) is 113 Å². The highest BCUT2D eigenvalue weighted by atomic mass is 32.2. The van der Waals surface area contributed by atoms with Crippen molar-refractivity contribution in [2.75, 3.05) is 60.1 Å². The number of nitrogens with zero attached hydrogens (tertiary/aromatic N) is 1. The van der Waals surface area contributed by atoms with Gasteiger partial charge in [-0.1, -0.05) is 0 Å². The summed E-state index contributed by atoms with van der Waals surface area (Å²) in [6.45, 7) is 1.08. The molecule has 2 aromatic carbocycles. The first kappa shape index (κ1) is 23.6. The van der Waals surface area contributed by atoms with Gasteiger partial charge in [0.15, 0.2) is 11.5 Å². The lowest BCUT2D eigenvalue weighted by Crippen LogP contribution is -2.40. The van der Waals surface area contributed by atoms with E-state index in [4.69, 9.17) is 23.7 Å². The summed E-state index contributed by atoms with van der Waals surface area (Å²) in [5.74, 6) is 0.762. The first-order valence-electron chi connectivity index (χ1n) is 9.73. The predicted molar refractivity (Wildman–Crippen MR) is 117 cm³/mol. The fourth-order valence-corrected chi connectivity index (χ4v) is 4.89. The van der Waals surface area contributed by atoms with Crippen LogP contribution in [-0.4, -0.2) is 73.4 Å². The van der Waals surface area contributed by atoms with Crippen LogP contribution in [-0.2, 0) is 14.8 Å². The number of methoxy groups -OCH3 is 4. The molecule has 0 aromatic heterocycles. The van der Waals surface area contributed by atoms with E-state index in [9.17, 15) is 13.2 Å². The summed E-state index contributed by atoms with van der Waals surface area (Å²) in [6, 6.07) is 7.40. The number of carbonyl (C=O) groups excluding carboxylic acids is 1. The molecule has 1 aliphatic rings. The van der Waals surface area contributed by atoms with E-state index < -0.39 is 15.9 Å². The standard InChI is InChI=1S/C21H26N2O8S/c1-27-16-6-5-14(11-19(16)32(25,26)23-7-9-31-10-8-23)21(24)22-15-12-17(28-2)20(30-4)18(13-15)29-3/h5-6,11-13H,7-10H2,1-4H3,(H,22,24). The molecule has 0 atom stereocenters. The number of benzene rings is 2. The van der Waals surface area contributed by atoms with E-state index in [1.807, 2.05) is 0 Å². The van der Waals surface area contributed by atoms with E-state index in [1.165, 1.54) is 50.9 Å². The van der Waals surface area contributed by atoms with E-state index in [-0.39, 0.29) is 29.3 Å². The molecule has 2 aromatic rings. The first-order chi connectivity index (χ1) is 15.3. The van der Waals surface area contributed by atoms with Gasteiger partial charge in [-0.2, -0.15) is 4.31 Å². The summed E-state index contributed by atoms with van der Waals surface area (Å²) in [5.41, 5.74) is 0.532. The Bertz CT molecular complexity index is 1060. The second kappa shape index (κ2) is 10.1. The third kappa shape index (κ3) is 4.74. The largest absolute Gasteiger partial charge is 0.495 e. The van der Waals surface area contributed by atoms with Crippen molar-refractivity contribution >= 4 is 21.6 Å². The molecule has 0 radical (unpaired) electrons. The van der Waals surface area contributed by atoms with E-state index in [2.05, 4.69) is 5.32 Å². The van der Waals surface area contributed by atoms with Gasteiger partial charge in [0.25, 0.3) is 5.91 Å². The number of carbonyl (C=O) groups is 1. The number of nitrogens with one attached hydrogen (secondary N) is 1. The number of hydrogen-bond acceptors (Lipinski definition) is 8. The summed E-state index contributed by atoms with van der Waals surface area (Å²) in [7, 11) is 1.92. The van der Waals surface area contributed by atoms with Gasteiger partial charge in [0.2, 0.25) is 15.8 Å². The quantitative estimate of drug-likeness (QED) is 0.629. The molecule has 0 bridgehead atoms. The zero-order chi connectivity index (χ0) is 23.3. The lowest BCUT2D eigenvalue weighted by molar-refractivity contribution is 0.0729. The number of ether oxygens (including phenoxy) is 5. The first-order valence-corrected chi connectivity index (χ1v) is 11.2. The molecular weight excluding hydrogens is 440 g/mol. The molecule has 32 heavy (non-hydrogen) atoms. The minimum Gasteiger partial charge on any atom is -0.495 e. The summed E-state index contributed by atoms with van der Waals surface area (Å²) in [6.07, 6.45) is 0. The molecule has 174 valence electrons. The summed E-state index contributed by atoms with van der Waals surface area (Å²) < 4.78 is 54.0. The fraction of sp³-hybridized carbons (Fsp3) is 0.381.